The summed E-state index contributed by atoms with van der Waals surface area (Å²) in [4.78, 5) is 13.7. The monoisotopic (exact) mass is 219 g/mol. The molecule has 5 saturated carbocycles. The van der Waals surface area contributed by atoms with Crippen LogP contribution in [0.15, 0.2) is 0 Å². The van der Waals surface area contributed by atoms with E-state index in [-0.39, 0.29) is 0 Å². The molecule has 5 rings (SSSR count). The molecule has 5 aliphatic carbocycles. The SMILES string of the molecule is O=CN(C1CC1)C12CC3CC(CC(C3)C1)C2. The normalized spacial score (nSPS) is 49.4. The molecule has 4 bridgehead atoms. The molecule has 0 aromatic carbocycles. The summed E-state index contributed by atoms with van der Waals surface area (Å²) in [5, 5.41) is 0. The predicted octanol–water partition coefficient (Wildman–Crippen LogP) is 2.58. The van der Waals surface area contributed by atoms with Gasteiger partial charge >= 0.3 is 0 Å². The average molecular weight is 219 g/mol. The summed E-state index contributed by atoms with van der Waals surface area (Å²) < 4.78 is 0. The summed E-state index contributed by atoms with van der Waals surface area (Å²) in [5.74, 6) is 2.85. The highest BCUT2D eigenvalue weighted by Crippen LogP contribution is 2.58. The molecule has 0 unspecified atom stereocenters. The van der Waals surface area contributed by atoms with Gasteiger partial charge < -0.3 is 4.90 Å². The Morgan fingerprint density at radius 2 is 1.44 bits per heavy atom. The zero-order valence-corrected chi connectivity index (χ0v) is 9.90. The summed E-state index contributed by atoms with van der Waals surface area (Å²) >= 11 is 0. The second kappa shape index (κ2) is 3.02. The molecule has 16 heavy (non-hydrogen) atoms. The molecule has 2 heteroatoms. The van der Waals surface area contributed by atoms with E-state index in [2.05, 4.69) is 4.90 Å². The Bertz CT molecular complexity index is 285. The van der Waals surface area contributed by atoms with E-state index in [4.69, 9.17) is 0 Å². The van der Waals surface area contributed by atoms with Gasteiger partial charge in [-0.15, -0.1) is 0 Å². The molecular weight excluding hydrogens is 198 g/mol. The van der Waals surface area contributed by atoms with Crippen LogP contribution in [0.25, 0.3) is 0 Å². The fourth-order valence-corrected chi connectivity index (χ4v) is 5.32. The van der Waals surface area contributed by atoms with E-state index in [0.29, 0.717) is 11.6 Å². The molecule has 1 amide bonds. The van der Waals surface area contributed by atoms with Crippen LogP contribution < -0.4 is 0 Å². The first kappa shape index (κ1) is 9.49. The van der Waals surface area contributed by atoms with Crippen molar-refractivity contribution in [3.63, 3.8) is 0 Å². The molecule has 0 aromatic heterocycles. The molecule has 0 heterocycles. The first-order valence-corrected chi connectivity index (χ1v) is 7.03. The first-order chi connectivity index (χ1) is 7.79. The van der Waals surface area contributed by atoms with Gasteiger partial charge in [-0.2, -0.15) is 0 Å². The zero-order valence-electron chi connectivity index (χ0n) is 9.90. The van der Waals surface area contributed by atoms with Gasteiger partial charge in [0.1, 0.15) is 0 Å². The van der Waals surface area contributed by atoms with E-state index in [9.17, 15) is 4.79 Å². The maximum Gasteiger partial charge on any atom is 0.210 e. The summed E-state index contributed by atoms with van der Waals surface area (Å²) in [6, 6.07) is 0.619. The van der Waals surface area contributed by atoms with E-state index in [1.165, 1.54) is 57.8 Å². The Labute approximate surface area is 97.4 Å². The number of hydrogen-bond acceptors (Lipinski definition) is 1. The third-order valence-electron chi connectivity index (χ3n) is 5.61. The van der Waals surface area contributed by atoms with E-state index in [1.807, 2.05) is 0 Å². The van der Waals surface area contributed by atoms with Crippen LogP contribution in [0.2, 0.25) is 0 Å². The Kier molecular flexibility index (Phi) is 1.79. The molecule has 0 aromatic rings. The maximum absolute atomic E-state index is 11.4. The van der Waals surface area contributed by atoms with Gasteiger partial charge in [-0.05, 0) is 69.1 Å². The molecule has 5 aliphatic rings. The van der Waals surface area contributed by atoms with Crippen molar-refractivity contribution < 1.29 is 4.79 Å². The van der Waals surface area contributed by atoms with Crippen LogP contribution in [0.5, 0.6) is 0 Å². The molecular formula is C14H21NO. The van der Waals surface area contributed by atoms with Crippen molar-refractivity contribution in [3.05, 3.63) is 0 Å². The Balaban J connectivity index is 1.67. The highest BCUT2D eigenvalue weighted by atomic mass is 16.1. The standard InChI is InChI=1S/C14H21NO/c16-9-15(13-1-2-13)14-6-10-3-11(7-14)5-12(4-10)8-14/h9-13H,1-8H2. The fraction of sp³-hybridized carbons (Fsp3) is 0.929. The van der Waals surface area contributed by atoms with Gasteiger partial charge in [0.05, 0.1) is 0 Å². The van der Waals surface area contributed by atoms with Crippen molar-refractivity contribution in [3.8, 4) is 0 Å². The first-order valence-electron chi connectivity index (χ1n) is 7.03. The minimum absolute atomic E-state index is 0.317. The van der Waals surface area contributed by atoms with Gasteiger partial charge in [0.2, 0.25) is 6.41 Å². The summed E-state index contributed by atoms with van der Waals surface area (Å²) in [5.41, 5.74) is 0.317. The number of carbonyl (C=O) groups is 1. The van der Waals surface area contributed by atoms with E-state index >= 15 is 0 Å². The zero-order chi connectivity index (χ0) is 10.8. The quantitative estimate of drug-likeness (QED) is 0.668. The summed E-state index contributed by atoms with van der Waals surface area (Å²) in [6.07, 6.45) is 12.1. The van der Waals surface area contributed by atoms with Crippen molar-refractivity contribution >= 4 is 6.41 Å². The number of hydrogen-bond donors (Lipinski definition) is 0. The number of rotatable bonds is 3. The predicted molar refractivity (Wildman–Crippen MR) is 61.8 cm³/mol. The van der Waals surface area contributed by atoms with Crippen LogP contribution in [0.1, 0.15) is 51.4 Å². The van der Waals surface area contributed by atoms with Crippen LogP contribution in [0, 0.1) is 17.8 Å². The second-order valence-electron chi connectivity index (χ2n) is 6.89. The van der Waals surface area contributed by atoms with Gasteiger partial charge in [-0.1, -0.05) is 0 Å². The number of nitrogens with zero attached hydrogens (tertiary/aromatic N) is 1. The van der Waals surface area contributed by atoms with E-state index < -0.39 is 0 Å². The van der Waals surface area contributed by atoms with Crippen molar-refractivity contribution in [2.75, 3.05) is 0 Å². The molecule has 88 valence electrons. The third kappa shape index (κ3) is 1.22. The molecule has 2 nitrogen and oxygen atoms in total. The molecule has 0 spiro atoms. The van der Waals surface area contributed by atoms with Crippen molar-refractivity contribution in [1.82, 2.24) is 4.90 Å². The second-order valence-corrected chi connectivity index (χ2v) is 6.89. The van der Waals surface area contributed by atoms with Crippen molar-refractivity contribution in [1.29, 1.82) is 0 Å². The maximum atomic E-state index is 11.4. The minimum atomic E-state index is 0.317. The molecule has 0 atom stereocenters. The van der Waals surface area contributed by atoms with Crippen LogP contribution in [0.3, 0.4) is 0 Å². The lowest BCUT2D eigenvalue weighted by molar-refractivity contribution is -0.138. The highest BCUT2D eigenvalue weighted by molar-refractivity contribution is 5.51. The topological polar surface area (TPSA) is 20.3 Å². The van der Waals surface area contributed by atoms with Gasteiger partial charge in [-0.3, -0.25) is 4.79 Å². The van der Waals surface area contributed by atoms with Crippen molar-refractivity contribution in [2.24, 2.45) is 17.8 Å². The van der Waals surface area contributed by atoms with Gasteiger partial charge in [-0.25, -0.2) is 0 Å². The number of amides is 1. The lowest BCUT2D eigenvalue weighted by Gasteiger charge is -2.60. The van der Waals surface area contributed by atoms with E-state index in [0.717, 1.165) is 17.8 Å². The molecule has 0 aliphatic heterocycles. The molecule has 0 saturated heterocycles. The van der Waals surface area contributed by atoms with Crippen LogP contribution in [-0.4, -0.2) is 22.9 Å². The smallest absolute Gasteiger partial charge is 0.210 e. The van der Waals surface area contributed by atoms with Crippen LogP contribution in [-0.2, 0) is 4.79 Å². The summed E-state index contributed by atoms with van der Waals surface area (Å²) in [7, 11) is 0. The largest absolute Gasteiger partial charge is 0.337 e. The third-order valence-corrected chi connectivity index (χ3v) is 5.61. The molecule has 5 fully saturated rings. The Morgan fingerprint density at radius 1 is 0.938 bits per heavy atom. The number of carbonyl (C=O) groups excluding carboxylic acids is 1. The van der Waals surface area contributed by atoms with Gasteiger partial charge in [0.15, 0.2) is 0 Å². The average Bonchev–Trinajstić information content (AvgIpc) is 3.00. The van der Waals surface area contributed by atoms with Crippen LogP contribution >= 0.6 is 0 Å². The lowest BCUT2D eigenvalue weighted by atomic mass is 9.52. The fourth-order valence-electron chi connectivity index (χ4n) is 5.32. The van der Waals surface area contributed by atoms with Crippen LogP contribution in [0.4, 0.5) is 0 Å². The van der Waals surface area contributed by atoms with E-state index in [1.54, 1.807) is 0 Å². The lowest BCUT2D eigenvalue weighted by Crippen LogP contribution is -2.60. The van der Waals surface area contributed by atoms with Gasteiger partial charge in [0.25, 0.3) is 0 Å². The summed E-state index contributed by atoms with van der Waals surface area (Å²) in [6.45, 7) is 0. The highest BCUT2D eigenvalue weighted by Gasteiger charge is 2.55. The molecule has 0 radical (unpaired) electrons. The minimum Gasteiger partial charge on any atom is -0.337 e. The molecule has 0 N–H and O–H groups in total. The Morgan fingerprint density at radius 3 is 1.81 bits per heavy atom. The Hall–Kier alpha value is -0.530. The van der Waals surface area contributed by atoms with Gasteiger partial charge in [0, 0.05) is 11.6 Å². The van der Waals surface area contributed by atoms with Crippen molar-refractivity contribution in [2.45, 2.75) is 62.9 Å².